The van der Waals surface area contributed by atoms with E-state index in [0.29, 0.717) is 6.04 Å². The maximum atomic E-state index is 12.0. The van der Waals surface area contributed by atoms with Crippen LogP contribution in [0.25, 0.3) is 0 Å². The van der Waals surface area contributed by atoms with E-state index in [9.17, 15) is 4.79 Å². The lowest BCUT2D eigenvalue weighted by atomic mass is 9.87. The fourth-order valence-electron chi connectivity index (χ4n) is 2.80. The molecule has 104 valence electrons. The first-order chi connectivity index (χ1) is 9.06. The minimum absolute atomic E-state index is 0.0761. The van der Waals surface area contributed by atoms with Gasteiger partial charge in [0.2, 0.25) is 0 Å². The molecular weight excluding hydrogens is 236 g/mol. The van der Waals surface area contributed by atoms with Crippen molar-refractivity contribution in [2.24, 2.45) is 5.92 Å². The molecule has 2 atom stereocenters. The highest BCUT2D eigenvalue weighted by Gasteiger charge is 2.20. The van der Waals surface area contributed by atoms with E-state index in [-0.39, 0.29) is 6.03 Å². The lowest BCUT2D eigenvalue weighted by Crippen LogP contribution is -2.40. The second-order valence-corrected chi connectivity index (χ2v) is 5.81. The Bertz CT molecular complexity index is 456. The molecule has 3 heteroatoms. The van der Waals surface area contributed by atoms with Crippen LogP contribution in [0.5, 0.6) is 0 Å². The van der Waals surface area contributed by atoms with Gasteiger partial charge in [-0.3, -0.25) is 0 Å². The molecule has 2 rings (SSSR count). The van der Waals surface area contributed by atoms with Crippen LogP contribution in [0.2, 0.25) is 0 Å². The van der Waals surface area contributed by atoms with Crippen molar-refractivity contribution in [3.8, 4) is 0 Å². The molecule has 1 aliphatic rings. The zero-order valence-corrected chi connectivity index (χ0v) is 12.1. The summed E-state index contributed by atoms with van der Waals surface area (Å²) in [5.74, 6) is 0.722. The average molecular weight is 260 g/mol. The van der Waals surface area contributed by atoms with Crippen molar-refractivity contribution in [1.82, 2.24) is 5.32 Å². The van der Waals surface area contributed by atoms with Crippen molar-refractivity contribution in [2.45, 2.75) is 52.5 Å². The van der Waals surface area contributed by atoms with Crippen LogP contribution >= 0.6 is 0 Å². The Morgan fingerprint density at radius 1 is 1.26 bits per heavy atom. The molecular formula is C16H24N2O. The number of nitrogens with one attached hydrogen (secondary N) is 2. The number of urea groups is 1. The molecule has 1 aromatic carbocycles. The molecule has 1 aromatic rings. The monoisotopic (exact) mass is 260 g/mol. The number of hydrogen-bond acceptors (Lipinski definition) is 1. The number of amides is 2. The van der Waals surface area contributed by atoms with Gasteiger partial charge < -0.3 is 10.6 Å². The highest BCUT2D eigenvalue weighted by molar-refractivity contribution is 5.90. The van der Waals surface area contributed by atoms with Crippen LogP contribution in [0.4, 0.5) is 10.5 Å². The van der Waals surface area contributed by atoms with Crippen molar-refractivity contribution >= 4 is 11.7 Å². The van der Waals surface area contributed by atoms with Crippen LogP contribution in [0.15, 0.2) is 18.2 Å². The smallest absolute Gasteiger partial charge is 0.319 e. The minimum Gasteiger partial charge on any atom is -0.335 e. The second kappa shape index (κ2) is 6.09. The molecule has 19 heavy (non-hydrogen) atoms. The number of carbonyl (C=O) groups excluding carboxylic acids is 1. The average Bonchev–Trinajstić information content (AvgIpc) is 2.35. The molecule has 0 radical (unpaired) electrons. The normalized spacial score (nSPS) is 22.9. The van der Waals surface area contributed by atoms with Crippen molar-refractivity contribution < 1.29 is 4.79 Å². The Morgan fingerprint density at radius 2 is 2.05 bits per heavy atom. The molecule has 0 aliphatic heterocycles. The topological polar surface area (TPSA) is 41.1 Å². The van der Waals surface area contributed by atoms with E-state index in [0.717, 1.165) is 30.0 Å². The fourth-order valence-corrected chi connectivity index (χ4v) is 2.80. The van der Waals surface area contributed by atoms with Crippen molar-refractivity contribution in [3.05, 3.63) is 29.3 Å². The van der Waals surface area contributed by atoms with E-state index in [1.165, 1.54) is 18.4 Å². The quantitative estimate of drug-likeness (QED) is 0.829. The number of anilines is 1. The van der Waals surface area contributed by atoms with E-state index in [4.69, 9.17) is 0 Å². The van der Waals surface area contributed by atoms with Gasteiger partial charge in [-0.25, -0.2) is 4.79 Å². The molecule has 3 nitrogen and oxygen atoms in total. The summed E-state index contributed by atoms with van der Waals surface area (Å²) in [6, 6.07) is 6.23. The fraction of sp³-hybridized carbons (Fsp3) is 0.562. The number of rotatable bonds is 2. The van der Waals surface area contributed by atoms with Crippen LogP contribution in [0.3, 0.4) is 0 Å². The predicted octanol–water partition coefficient (Wildman–Crippen LogP) is 4.00. The third kappa shape index (κ3) is 3.72. The zero-order valence-electron chi connectivity index (χ0n) is 12.1. The van der Waals surface area contributed by atoms with E-state index in [1.54, 1.807) is 0 Å². The predicted molar refractivity (Wildman–Crippen MR) is 79.5 cm³/mol. The molecule has 1 saturated carbocycles. The zero-order chi connectivity index (χ0) is 13.8. The summed E-state index contributed by atoms with van der Waals surface area (Å²) in [4.78, 5) is 12.0. The van der Waals surface area contributed by atoms with Gasteiger partial charge in [0.25, 0.3) is 0 Å². The van der Waals surface area contributed by atoms with Gasteiger partial charge in [-0.15, -0.1) is 0 Å². The number of aryl methyl sites for hydroxylation is 1. The summed E-state index contributed by atoms with van der Waals surface area (Å²) < 4.78 is 0. The Morgan fingerprint density at radius 3 is 2.79 bits per heavy atom. The Hall–Kier alpha value is -1.51. The number of benzene rings is 1. The van der Waals surface area contributed by atoms with Gasteiger partial charge in [0, 0.05) is 11.7 Å². The second-order valence-electron chi connectivity index (χ2n) is 5.81. The van der Waals surface area contributed by atoms with Gasteiger partial charge in [0.05, 0.1) is 0 Å². The number of hydrogen-bond donors (Lipinski definition) is 2. The third-order valence-electron chi connectivity index (χ3n) is 4.12. The Labute approximate surface area is 115 Å². The van der Waals surface area contributed by atoms with Crippen molar-refractivity contribution in [3.63, 3.8) is 0 Å². The summed E-state index contributed by atoms with van der Waals surface area (Å²) >= 11 is 0. The van der Waals surface area contributed by atoms with Crippen LogP contribution in [0.1, 0.15) is 43.7 Å². The van der Waals surface area contributed by atoms with Crippen LogP contribution in [0, 0.1) is 19.8 Å². The molecule has 0 heterocycles. The molecule has 0 aromatic heterocycles. The Balaban J connectivity index is 1.92. The highest BCUT2D eigenvalue weighted by atomic mass is 16.2. The molecule has 0 saturated heterocycles. The van der Waals surface area contributed by atoms with Gasteiger partial charge in [-0.05, 0) is 49.8 Å². The lowest BCUT2D eigenvalue weighted by molar-refractivity contribution is 0.238. The van der Waals surface area contributed by atoms with Gasteiger partial charge >= 0.3 is 6.03 Å². The molecule has 1 aliphatic carbocycles. The van der Waals surface area contributed by atoms with Gasteiger partial charge in [0.15, 0.2) is 0 Å². The van der Waals surface area contributed by atoms with Crippen molar-refractivity contribution in [2.75, 3.05) is 5.32 Å². The van der Waals surface area contributed by atoms with Crippen LogP contribution in [-0.2, 0) is 0 Å². The minimum atomic E-state index is -0.0761. The maximum absolute atomic E-state index is 12.0. The Kier molecular flexibility index (Phi) is 4.46. The van der Waals surface area contributed by atoms with Crippen LogP contribution in [-0.4, -0.2) is 12.1 Å². The molecule has 0 spiro atoms. The first-order valence-corrected chi connectivity index (χ1v) is 7.20. The van der Waals surface area contributed by atoms with E-state index < -0.39 is 0 Å². The molecule has 1 fully saturated rings. The lowest BCUT2D eigenvalue weighted by Gasteiger charge is -2.27. The first-order valence-electron chi connectivity index (χ1n) is 7.20. The summed E-state index contributed by atoms with van der Waals surface area (Å²) in [6.07, 6.45) is 4.71. The number of carbonyl (C=O) groups is 1. The summed E-state index contributed by atoms with van der Waals surface area (Å²) in [5, 5.41) is 6.06. The van der Waals surface area contributed by atoms with Gasteiger partial charge in [-0.1, -0.05) is 31.9 Å². The standard InChI is InChI=1S/C16H24N2O/c1-11-6-4-8-14(10-11)17-16(19)18-15-9-5-7-12(2)13(15)3/h5,7,9,11,14H,4,6,8,10H2,1-3H3,(H2,17,18,19)/t11-,14+/m0/s1. The SMILES string of the molecule is Cc1cccc(NC(=O)N[C@@H]2CCC[C@H](C)C2)c1C. The van der Waals surface area contributed by atoms with Crippen LogP contribution < -0.4 is 10.6 Å². The van der Waals surface area contributed by atoms with Gasteiger partial charge in [-0.2, -0.15) is 0 Å². The molecule has 2 N–H and O–H groups in total. The largest absolute Gasteiger partial charge is 0.335 e. The highest BCUT2D eigenvalue weighted by Crippen LogP contribution is 2.24. The summed E-state index contributed by atoms with van der Waals surface area (Å²) in [7, 11) is 0. The molecule has 0 unspecified atom stereocenters. The first kappa shape index (κ1) is 13.9. The van der Waals surface area contributed by atoms with Crippen molar-refractivity contribution in [1.29, 1.82) is 0 Å². The maximum Gasteiger partial charge on any atom is 0.319 e. The summed E-state index contributed by atoms with van der Waals surface area (Å²) in [5.41, 5.74) is 3.24. The van der Waals surface area contributed by atoms with E-state index >= 15 is 0 Å². The third-order valence-corrected chi connectivity index (χ3v) is 4.12. The summed E-state index contributed by atoms with van der Waals surface area (Å²) in [6.45, 7) is 6.35. The van der Waals surface area contributed by atoms with E-state index in [1.807, 2.05) is 19.1 Å². The van der Waals surface area contributed by atoms with Gasteiger partial charge in [0.1, 0.15) is 0 Å². The molecule has 0 bridgehead atoms. The van der Waals surface area contributed by atoms with E-state index in [2.05, 4.69) is 30.5 Å². The molecule has 2 amide bonds.